The highest BCUT2D eigenvalue weighted by Gasteiger charge is 2.41. The molecule has 0 saturated heterocycles. The lowest BCUT2D eigenvalue weighted by Crippen LogP contribution is -2.63. The number of rotatable bonds is 32. The van der Waals surface area contributed by atoms with Gasteiger partial charge in [-0.3, -0.25) is 10.1 Å². The molecule has 0 aromatic heterocycles. The molecule has 10 nitrogen and oxygen atoms in total. The number of methoxy groups -OCH3 is 1. The number of thioether (sulfide) groups is 2. The van der Waals surface area contributed by atoms with E-state index in [9.17, 15) is 19.8 Å². The zero-order chi connectivity index (χ0) is 42.9. The van der Waals surface area contributed by atoms with Gasteiger partial charge in [0.25, 0.3) is 0 Å². The molecule has 328 valence electrons. The molecule has 2 unspecified atom stereocenters. The number of aldehydes is 1. The minimum absolute atomic E-state index is 0.00141. The monoisotopic (exact) mass is 823 g/mol. The molecule has 0 saturated carbocycles. The number of aliphatic hydroxyl groups is 2. The van der Waals surface area contributed by atoms with E-state index in [-0.39, 0.29) is 27.9 Å². The van der Waals surface area contributed by atoms with E-state index < -0.39 is 41.0 Å². The van der Waals surface area contributed by atoms with Crippen molar-refractivity contribution < 1.29 is 38.7 Å². The standard InChI is InChI=1S/C43H86N2O8S2/c1-18-51-39(7,8)22-24-53-41(11,12)28-34(48)31-55-26-20-35(45-43(15,16)37(2,3)4)36(49)42(13,14)44-32(29-46)19-25-54-30-33(47)27-40(9,10)52-23-21-38(5,6)50-17/h29,32-35,44-45,47-48H,18-28,30-31H2,1-17H3/t32-,33?,34?,35-/m0/s1. The van der Waals surface area contributed by atoms with Gasteiger partial charge in [0.2, 0.25) is 0 Å². The molecule has 0 amide bonds. The van der Waals surface area contributed by atoms with Crippen LogP contribution in [0.2, 0.25) is 0 Å². The summed E-state index contributed by atoms with van der Waals surface area (Å²) < 4.78 is 23.5. The number of ketones is 1. The van der Waals surface area contributed by atoms with Gasteiger partial charge in [0, 0.05) is 43.6 Å². The van der Waals surface area contributed by atoms with Gasteiger partial charge in [-0.2, -0.15) is 23.5 Å². The zero-order valence-corrected chi connectivity index (χ0v) is 39.9. The first-order valence-electron chi connectivity index (χ1n) is 20.5. The Bertz CT molecular complexity index is 1090. The van der Waals surface area contributed by atoms with E-state index in [1.807, 2.05) is 62.3 Å². The first kappa shape index (κ1) is 54.7. The van der Waals surface area contributed by atoms with Crippen LogP contribution < -0.4 is 10.6 Å². The van der Waals surface area contributed by atoms with E-state index in [2.05, 4.69) is 59.1 Å². The summed E-state index contributed by atoms with van der Waals surface area (Å²) in [4.78, 5) is 26.5. The molecule has 0 aliphatic heterocycles. The van der Waals surface area contributed by atoms with Crippen LogP contribution in [0.1, 0.15) is 149 Å². The molecule has 0 aliphatic carbocycles. The SMILES string of the molecule is CCOC(C)(C)CCOC(C)(C)CC(O)CSCC[C@H](NC(C)(C)C(C)(C)C)C(=O)C(C)(C)N[C@H](C=O)CCSCC(O)CC(C)(C)OCCC(C)(C)OC. The van der Waals surface area contributed by atoms with Crippen molar-refractivity contribution in [1.29, 1.82) is 0 Å². The number of ether oxygens (including phenoxy) is 4. The Hall–Kier alpha value is -0.280. The fraction of sp³-hybridized carbons (Fsp3) is 0.953. The Morgan fingerprint density at radius 2 is 1.13 bits per heavy atom. The quantitative estimate of drug-likeness (QED) is 0.0393. The second kappa shape index (κ2) is 24.1. The molecule has 0 fully saturated rings. The third-order valence-corrected chi connectivity index (χ3v) is 13.0. The van der Waals surface area contributed by atoms with E-state index >= 15 is 0 Å². The maximum Gasteiger partial charge on any atom is 0.169 e. The highest BCUT2D eigenvalue weighted by molar-refractivity contribution is 7.99. The number of carbonyl (C=O) groups is 2. The molecule has 0 radical (unpaired) electrons. The summed E-state index contributed by atoms with van der Waals surface area (Å²) in [6, 6.07) is -0.970. The molecule has 0 rings (SSSR count). The van der Waals surface area contributed by atoms with Crippen molar-refractivity contribution in [3.05, 3.63) is 0 Å². The third-order valence-electron chi connectivity index (χ3n) is 10.7. The minimum atomic E-state index is -0.970. The number of Topliss-reactive ketones (excluding diaryl/α,β-unsaturated/α-hetero) is 1. The lowest BCUT2D eigenvalue weighted by Gasteiger charge is -2.43. The fourth-order valence-electron chi connectivity index (χ4n) is 6.00. The highest BCUT2D eigenvalue weighted by Crippen LogP contribution is 2.31. The summed E-state index contributed by atoms with van der Waals surface area (Å²) in [5.74, 6) is 2.41. The second-order valence-electron chi connectivity index (χ2n) is 19.8. The number of carbonyl (C=O) groups excluding carboxylic acids is 2. The average molecular weight is 823 g/mol. The molecule has 4 N–H and O–H groups in total. The molecule has 0 bridgehead atoms. The Balaban J connectivity index is 5.24. The van der Waals surface area contributed by atoms with E-state index in [1.54, 1.807) is 30.6 Å². The summed E-state index contributed by atoms with van der Waals surface area (Å²) in [5, 5.41) is 28.7. The first-order chi connectivity index (χ1) is 24.9. The Morgan fingerprint density at radius 3 is 1.55 bits per heavy atom. The molecule has 55 heavy (non-hydrogen) atoms. The van der Waals surface area contributed by atoms with Crippen LogP contribution in [0.15, 0.2) is 0 Å². The van der Waals surface area contributed by atoms with Crippen molar-refractivity contribution >= 4 is 35.6 Å². The Kier molecular flexibility index (Phi) is 24.0. The summed E-state index contributed by atoms with van der Waals surface area (Å²) in [5.41, 5.74) is -2.90. The number of nitrogens with one attached hydrogen (secondary N) is 2. The van der Waals surface area contributed by atoms with Crippen molar-refractivity contribution in [2.45, 2.75) is 207 Å². The number of aliphatic hydroxyl groups excluding tert-OH is 2. The Labute approximate surface area is 346 Å². The predicted octanol–water partition coefficient (Wildman–Crippen LogP) is 7.63. The van der Waals surface area contributed by atoms with Gasteiger partial charge in [0.1, 0.15) is 6.29 Å². The molecular formula is C43H86N2O8S2. The molecule has 0 heterocycles. The number of hydrogen-bond acceptors (Lipinski definition) is 12. The van der Waals surface area contributed by atoms with Crippen LogP contribution in [0.3, 0.4) is 0 Å². The summed E-state index contributed by atoms with van der Waals surface area (Å²) in [6.45, 7) is 34.4. The molecular weight excluding hydrogens is 737 g/mol. The van der Waals surface area contributed by atoms with Crippen LogP contribution >= 0.6 is 23.5 Å². The fourth-order valence-corrected chi connectivity index (χ4v) is 7.93. The highest BCUT2D eigenvalue weighted by atomic mass is 32.2. The van der Waals surface area contributed by atoms with Crippen molar-refractivity contribution in [3.63, 3.8) is 0 Å². The van der Waals surface area contributed by atoms with Gasteiger partial charge in [-0.1, -0.05) is 20.8 Å². The van der Waals surface area contributed by atoms with Crippen LogP contribution in [0.5, 0.6) is 0 Å². The van der Waals surface area contributed by atoms with Crippen LogP contribution in [-0.4, -0.2) is 130 Å². The topological polar surface area (TPSA) is 136 Å². The zero-order valence-electron chi connectivity index (χ0n) is 38.2. The molecule has 0 spiro atoms. The smallest absolute Gasteiger partial charge is 0.169 e. The molecule has 4 atom stereocenters. The van der Waals surface area contributed by atoms with E-state index in [0.717, 1.165) is 19.1 Å². The van der Waals surface area contributed by atoms with Gasteiger partial charge in [0.15, 0.2) is 5.78 Å². The molecule has 0 aliphatic rings. The van der Waals surface area contributed by atoms with E-state index in [4.69, 9.17) is 18.9 Å². The number of hydrogen-bond donors (Lipinski definition) is 4. The maximum absolute atomic E-state index is 14.3. The predicted molar refractivity (Wildman–Crippen MR) is 234 cm³/mol. The summed E-state index contributed by atoms with van der Waals surface area (Å²) in [7, 11) is 1.70. The van der Waals surface area contributed by atoms with Gasteiger partial charge < -0.3 is 39.3 Å². The largest absolute Gasteiger partial charge is 0.392 e. The molecule has 0 aromatic carbocycles. The van der Waals surface area contributed by atoms with Crippen LogP contribution in [0.4, 0.5) is 0 Å². The van der Waals surface area contributed by atoms with Crippen LogP contribution in [0, 0.1) is 5.41 Å². The second-order valence-corrected chi connectivity index (χ2v) is 22.1. The van der Waals surface area contributed by atoms with Gasteiger partial charge in [-0.25, -0.2) is 0 Å². The normalized spacial score (nSPS) is 16.2. The van der Waals surface area contributed by atoms with Gasteiger partial charge in [-0.05, 0) is 133 Å². The summed E-state index contributed by atoms with van der Waals surface area (Å²) in [6.07, 6.45) is 3.45. The first-order valence-corrected chi connectivity index (χ1v) is 22.8. The lowest BCUT2D eigenvalue weighted by atomic mass is 9.75. The average Bonchev–Trinajstić information content (AvgIpc) is 3.01. The van der Waals surface area contributed by atoms with Crippen molar-refractivity contribution in [3.8, 4) is 0 Å². The molecule has 12 heteroatoms. The van der Waals surface area contributed by atoms with Crippen LogP contribution in [0.25, 0.3) is 0 Å². The van der Waals surface area contributed by atoms with E-state index in [0.29, 0.717) is 68.5 Å². The van der Waals surface area contributed by atoms with Crippen LogP contribution in [-0.2, 0) is 28.5 Å². The van der Waals surface area contributed by atoms with Crippen molar-refractivity contribution in [1.82, 2.24) is 10.6 Å². The summed E-state index contributed by atoms with van der Waals surface area (Å²) >= 11 is 3.24. The minimum Gasteiger partial charge on any atom is -0.392 e. The van der Waals surface area contributed by atoms with Gasteiger partial charge >= 0.3 is 0 Å². The maximum atomic E-state index is 14.3. The Morgan fingerprint density at radius 1 is 0.673 bits per heavy atom. The van der Waals surface area contributed by atoms with E-state index in [1.165, 1.54) is 0 Å². The van der Waals surface area contributed by atoms with Crippen molar-refractivity contribution in [2.75, 3.05) is 49.9 Å². The molecule has 0 aromatic rings. The third kappa shape index (κ3) is 23.8. The lowest BCUT2D eigenvalue weighted by molar-refractivity contribution is -0.128. The van der Waals surface area contributed by atoms with Gasteiger partial charge in [-0.15, -0.1) is 0 Å². The van der Waals surface area contributed by atoms with Crippen molar-refractivity contribution in [2.24, 2.45) is 5.41 Å². The van der Waals surface area contributed by atoms with Gasteiger partial charge in [0.05, 0.1) is 65.4 Å².